The second-order valence-electron chi connectivity index (χ2n) is 3.00. The zero-order valence-corrected chi connectivity index (χ0v) is 10.1. The summed E-state index contributed by atoms with van der Waals surface area (Å²) in [5.74, 6) is 0. The van der Waals surface area contributed by atoms with Crippen molar-refractivity contribution in [1.82, 2.24) is 4.72 Å². The molecule has 15 heavy (non-hydrogen) atoms. The first-order chi connectivity index (χ1) is 7.03. The van der Waals surface area contributed by atoms with Crippen molar-refractivity contribution in [2.75, 3.05) is 12.8 Å². The van der Waals surface area contributed by atoms with E-state index in [0.717, 1.165) is 10.5 Å². The van der Waals surface area contributed by atoms with Crippen LogP contribution in [-0.4, -0.2) is 21.2 Å². The lowest BCUT2D eigenvalue weighted by Gasteiger charge is -2.06. The third-order valence-electron chi connectivity index (χ3n) is 1.89. The molecule has 0 saturated carbocycles. The van der Waals surface area contributed by atoms with Crippen LogP contribution in [0.25, 0.3) is 0 Å². The van der Waals surface area contributed by atoms with Gasteiger partial charge in [0.05, 0.1) is 0 Å². The highest BCUT2D eigenvalue weighted by molar-refractivity contribution is 7.98. The van der Waals surface area contributed by atoms with Crippen LogP contribution >= 0.6 is 11.8 Å². The minimum atomic E-state index is -3.57. The molecule has 84 valence electrons. The summed E-state index contributed by atoms with van der Waals surface area (Å²) in [5, 5.41) is 4.83. The van der Waals surface area contributed by atoms with Gasteiger partial charge in [0, 0.05) is 11.4 Å². The lowest BCUT2D eigenvalue weighted by atomic mass is 10.1. The van der Waals surface area contributed by atoms with Gasteiger partial charge >= 0.3 is 0 Å². The maximum atomic E-state index is 10.6. The van der Waals surface area contributed by atoms with E-state index < -0.39 is 10.2 Å². The Labute approximate surface area is 94.4 Å². The molecule has 0 aliphatic rings. The Morgan fingerprint density at radius 2 is 2.07 bits per heavy atom. The Balaban J connectivity index is 2.58. The van der Waals surface area contributed by atoms with E-state index in [2.05, 4.69) is 4.72 Å². The van der Waals surface area contributed by atoms with Gasteiger partial charge in [-0.15, -0.1) is 11.8 Å². The fourth-order valence-electron chi connectivity index (χ4n) is 1.24. The van der Waals surface area contributed by atoms with E-state index in [1.807, 2.05) is 30.5 Å². The zero-order valence-electron chi connectivity index (χ0n) is 8.43. The molecule has 3 N–H and O–H groups in total. The topological polar surface area (TPSA) is 72.2 Å². The van der Waals surface area contributed by atoms with Crippen LogP contribution in [0, 0.1) is 0 Å². The lowest BCUT2D eigenvalue weighted by molar-refractivity contribution is 0.583. The number of benzene rings is 1. The third kappa shape index (κ3) is 4.65. The van der Waals surface area contributed by atoms with Gasteiger partial charge in [-0.05, 0) is 24.3 Å². The summed E-state index contributed by atoms with van der Waals surface area (Å²) in [4.78, 5) is 1.16. The Bertz CT molecular complexity index is 418. The molecule has 4 nitrogen and oxygen atoms in total. The molecule has 1 aromatic rings. The van der Waals surface area contributed by atoms with Crippen molar-refractivity contribution in [1.29, 1.82) is 0 Å². The first-order valence-corrected chi connectivity index (χ1v) is 7.19. The van der Waals surface area contributed by atoms with Gasteiger partial charge in [0.25, 0.3) is 10.2 Å². The van der Waals surface area contributed by atoms with Crippen molar-refractivity contribution in [2.45, 2.75) is 11.3 Å². The molecule has 0 radical (unpaired) electrons. The van der Waals surface area contributed by atoms with E-state index in [1.165, 1.54) is 0 Å². The molecule has 0 heterocycles. The normalized spacial score (nSPS) is 11.6. The molecule has 0 unspecified atom stereocenters. The van der Waals surface area contributed by atoms with Crippen LogP contribution in [0.1, 0.15) is 5.56 Å². The molecule has 0 spiro atoms. The Morgan fingerprint density at radius 3 is 2.67 bits per heavy atom. The average molecular weight is 246 g/mol. The van der Waals surface area contributed by atoms with Crippen LogP contribution in [0.15, 0.2) is 29.2 Å². The van der Waals surface area contributed by atoms with E-state index in [1.54, 1.807) is 11.8 Å². The summed E-state index contributed by atoms with van der Waals surface area (Å²) >= 11 is 1.64. The molecule has 0 aliphatic heterocycles. The third-order valence-corrected chi connectivity index (χ3v) is 3.33. The van der Waals surface area contributed by atoms with Gasteiger partial charge in [-0.2, -0.15) is 8.42 Å². The zero-order chi connectivity index (χ0) is 11.3. The van der Waals surface area contributed by atoms with Crippen molar-refractivity contribution in [3.63, 3.8) is 0 Å². The summed E-state index contributed by atoms with van der Waals surface area (Å²) in [7, 11) is -3.57. The van der Waals surface area contributed by atoms with Gasteiger partial charge in [-0.1, -0.05) is 18.2 Å². The van der Waals surface area contributed by atoms with E-state index in [4.69, 9.17) is 5.14 Å². The molecule has 0 atom stereocenters. The largest absolute Gasteiger partial charge is 0.274 e. The van der Waals surface area contributed by atoms with Gasteiger partial charge in [-0.25, -0.2) is 9.86 Å². The van der Waals surface area contributed by atoms with Crippen LogP contribution < -0.4 is 9.86 Å². The monoisotopic (exact) mass is 246 g/mol. The van der Waals surface area contributed by atoms with Crippen molar-refractivity contribution in [3.05, 3.63) is 29.8 Å². The summed E-state index contributed by atoms with van der Waals surface area (Å²) in [6.07, 6.45) is 2.64. The van der Waals surface area contributed by atoms with Crippen molar-refractivity contribution in [2.24, 2.45) is 5.14 Å². The smallest absolute Gasteiger partial charge is 0.216 e. The SMILES string of the molecule is CSc1ccccc1CCNS(N)(=O)=O. The highest BCUT2D eigenvalue weighted by Crippen LogP contribution is 2.19. The van der Waals surface area contributed by atoms with Gasteiger partial charge in [0.15, 0.2) is 0 Å². The molecule has 6 heteroatoms. The minimum Gasteiger partial charge on any atom is -0.216 e. The molecule has 0 aliphatic carbocycles. The maximum Gasteiger partial charge on any atom is 0.274 e. The van der Waals surface area contributed by atoms with Crippen LogP contribution in [0.5, 0.6) is 0 Å². The lowest BCUT2D eigenvalue weighted by Crippen LogP contribution is -2.32. The molecule has 1 aromatic carbocycles. The van der Waals surface area contributed by atoms with Crippen LogP contribution in [0.3, 0.4) is 0 Å². The Kier molecular flexibility index (Phi) is 4.59. The summed E-state index contributed by atoms with van der Waals surface area (Å²) in [6.45, 7) is 0.330. The number of rotatable bonds is 5. The number of hydrogen-bond acceptors (Lipinski definition) is 3. The predicted molar refractivity (Wildman–Crippen MR) is 63.0 cm³/mol. The molecule has 0 saturated heterocycles. The first kappa shape index (κ1) is 12.5. The second kappa shape index (κ2) is 5.50. The van der Waals surface area contributed by atoms with Crippen LogP contribution in [-0.2, 0) is 16.6 Å². The summed E-state index contributed by atoms with van der Waals surface area (Å²) < 4.78 is 23.5. The van der Waals surface area contributed by atoms with E-state index >= 15 is 0 Å². The van der Waals surface area contributed by atoms with Gasteiger partial charge in [-0.3, -0.25) is 0 Å². The predicted octanol–water partition coefficient (Wildman–Crippen LogP) is 0.744. The Hall–Kier alpha value is -0.560. The average Bonchev–Trinajstić information content (AvgIpc) is 2.16. The van der Waals surface area contributed by atoms with Gasteiger partial charge in [0.1, 0.15) is 0 Å². The first-order valence-electron chi connectivity index (χ1n) is 4.42. The van der Waals surface area contributed by atoms with Crippen molar-refractivity contribution in [3.8, 4) is 0 Å². The molecule has 0 bridgehead atoms. The quantitative estimate of drug-likeness (QED) is 0.753. The van der Waals surface area contributed by atoms with Crippen LogP contribution in [0.4, 0.5) is 0 Å². The number of thioether (sulfide) groups is 1. The highest BCUT2D eigenvalue weighted by Gasteiger charge is 2.03. The molecule has 0 amide bonds. The highest BCUT2D eigenvalue weighted by atomic mass is 32.2. The fourth-order valence-corrected chi connectivity index (χ4v) is 2.27. The van der Waals surface area contributed by atoms with Gasteiger partial charge in [0.2, 0.25) is 0 Å². The van der Waals surface area contributed by atoms with E-state index in [-0.39, 0.29) is 0 Å². The maximum absolute atomic E-state index is 10.6. The molecular weight excluding hydrogens is 232 g/mol. The second-order valence-corrected chi connectivity index (χ2v) is 5.23. The summed E-state index contributed by atoms with van der Waals surface area (Å²) in [6, 6.07) is 7.89. The molecule has 0 fully saturated rings. The standard InChI is InChI=1S/C9H14N2O2S2/c1-14-9-5-3-2-4-8(9)6-7-11-15(10,12)13/h2-5,11H,6-7H2,1H3,(H2,10,12,13). The molecular formula is C9H14N2O2S2. The van der Waals surface area contributed by atoms with E-state index in [9.17, 15) is 8.42 Å². The fraction of sp³-hybridized carbons (Fsp3) is 0.333. The van der Waals surface area contributed by atoms with E-state index in [0.29, 0.717) is 13.0 Å². The van der Waals surface area contributed by atoms with Crippen molar-refractivity contribution >= 4 is 22.0 Å². The molecule has 0 aromatic heterocycles. The van der Waals surface area contributed by atoms with Crippen molar-refractivity contribution < 1.29 is 8.42 Å². The molecule has 1 rings (SSSR count). The Morgan fingerprint density at radius 1 is 1.40 bits per heavy atom. The van der Waals surface area contributed by atoms with Gasteiger partial charge < -0.3 is 0 Å². The number of hydrogen-bond donors (Lipinski definition) is 2. The number of nitrogens with one attached hydrogen (secondary N) is 1. The van der Waals surface area contributed by atoms with Crippen LogP contribution in [0.2, 0.25) is 0 Å². The summed E-state index contributed by atoms with van der Waals surface area (Å²) in [5.41, 5.74) is 1.13. The number of nitrogens with two attached hydrogens (primary N) is 1. The minimum absolute atomic E-state index is 0.330.